The van der Waals surface area contributed by atoms with Crippen molar-refractivity contribution >= 4 is 5.69 Å². The third kappa shape index (κ3) is 6.12. The van der Waals surface area contributed by atoms with Crippen LogP contribution >= 0.6 is 0 Å². The predicted molar refractivity (Wildman–Crippen MR) is 86.7 cm³/mol. The molecule has 0 aliphatic rings. The molecule has 2 aromatic rings. The van der Waals surface area contributed by atoms with Crippen molar-refractivity contribution in [1.29, 1.82) is 0 Å². The van der Waals surface area contributed by atoms with Gasteiger partial charge >= 0.3 is 6.18 Å². The fourth-order valence-electron chi connectivity index (χ4n) is 2.33. The van der Waals surface area contributed by atoms with Gasteiger partial charge in [-0.25, -0.2) is 4.98 Å². The van der Waals surface area contributed by atoms with Crippen LogP contribution in [0.15, 0.2) is 34.9 Å². The molecule has 0 N–H and O–H groups in total. The van der Waals surface area contributed by atoms with Crippen LogP contribution in [0.25, 0.3) is 11.3 Å². The van der Waals surface area contributed by atoms with Crippen LogP contribution in [-0.2, 0) is 11.2 Å². The van der Waals surface area contributed by atoms with Crippen molar-refractivity contribution in [2.45, 2.75) is 12.6 Å². The predicted octanol–water partition coefficient (Wildman–Crippen LogP) is 3.30. The molecule has 0 saturated heterocycles. The zero-order chi connectivity index (χ0) is 19.2. The van der Waals surface area contributed by atoms with Crippen molar-refractivity contribution < 1.29 is 27.2 Å². The van der Waals surface area contributed by atoms with Gasteiger partial charge in [0.25, 0.3) is 5.69 Å². The lowest BCUT2D eigenvalue weighted by Crippen LogP contribution is -2.37. The van der Waals surface area contributed by atoms with Crippen molar-refractivity contribution in [3.8, 4) is 11.3 Å². The summed E-state index contributed by atoms with van der Waals surface area (Å²) in [4.78, 5) is 15.5. The molecular weight excluding hydrogens is 355 g/mol. The molecule has 0 atom stereocenters. The number of hydrogen-bond donors (Lipinski definition) is 0. The minimum atomic E-state index is -4.31. The highest BCUT2D eigenvalue weighted by Gasteiger charge is 2.30. The van der Waals surface area contributed by atoms with E-state index in [2.05, 4.69) is 4.98 Å². The molecule has 142 valence electrons. The second-order valence-corrected chi connectivity index (χ2v) is 5.56. The SMILES string of the molecule is COCCN(CCc1ncc(-c2cccc([N+](=O)[O-])c2)o1)CC(F)(F)F. The Labute approximate surface area is 147 Å². The summed E-state index contributed by atoms with van der Waals surface area (Å²) in [6, 6.07) is 5.85. The molecule has 0 aliphatic heterocycles. The number of nitro benzene ring substituents is 1. The lowest BCUT2D eigenvalue weighted by Gasteiger charge is -2.22. The van der Waals surface area contributed by atoms with Crippen LogP contribution in [0.2, 0.25) is 0 Å². The molecule has 7 nitrogen and oxygen atoms in total. The van der Waals surface area contributed by atoms with Gasteiger partial charge in [-0.05, 0) is 0 Å². The van der Waals surface area contributed by atoms with Crippen LogP contribution in [0, 0.1) is 10.1 Å². The lowest BCUT2D eigenvalue weighted by molar-refractivity contribution is -0.384. The summed E-state index contributed by atoms with van der Waals surface area (Å²) < 4.78 is 48.2. The van der Waals surface area contributed by atoms with E-state index in [1.54, 1.807) is 6.07 Å². The van der Waals surface area contributed by atoms with Gasteiger partial charge in [-0.2, -0.15) is 13.2 Å². The Kier molecular flexibility index (Phi) is 6.70. The quantitative estimate of drug-likeness (QED) is 0.496. The number of oxazole rings is 1. The van der Waals surface area contributed by atoms with Crippen molar-refractivity contribution in [3.63, 3.8) is 0 Å². The van der Waals surface area contributed by atoms with E-state index < -0.39 is 17.6 Å². The topological polar surface area (TPSA) is 81.6 Å². The van der Waals surface area contributed by atoms with E-state index >= 15 is 0 Å². The molecule has 0 aliphatic carbocycles. The molecule has 10 heteroatoms. The number of aromatic nitrogens is 1. The van der Waals surface area contributed by atoms with Crippen LogP contribution in [0.4, 0.5) is 18.9 Å². The summed E-state index contributed by atoms with van der Waals surface area (Å²) in [5.41, 5.74) is 0.390. The minimum absolute atomic E-state index is 0.0867. The molecule has 0 bridgehead atoms. The number of methoxy groups -OCH3 is 1. The van der Waals surface area contributed by atoms with Crippen LogP contribution in [0.5, 0.6) is 0 Å². The van der Waals surface area contributed by atoms with E-state index in [0.29, 0.717) is 11.3 Å². The van der Waals surface area contributed by atoms with E-state index in [-0.39, 0.29) is 37.7 Å². The Bertz CT molecular complexity index is 734. The van der Waals surface area contributed by atoms with Crippen LogP contribution in [-0.4, -0.2) is 54.3 Å². The first-order valence-corrected chi connectivity index (χ1v) is 7.76. The monoisotopic (exact) mass is 373 g/mol. The highest BCUT2D eigenvalue weighted by molar-refractivity contribution is 5.60. The maximum atomic E-state index is 12.6. The van der Waals surface area contributed by atoms with E-state index in [4.69, 9.17) is 9.15 Å². The Morgan fingerprint density at radius 1 is 1.35 bits per heavy atom. The number of nitrogens with zero attached hydrogens (tertiary/aromatic N) is 3. The number of hydrogen-bond acceptors (Lipinski definition) is 6. The minimum Gasteiger partial charge on any atom is -0.441 e. The first-order chi connectivity index (χ1) is 12.3. The summed E-state index contributed by atoms with van der Waals surface area (Å²) >= 11 is 0. The van der Waals surface area contributed by atoms with Gasteiger partial charge in [0.2, 0.25) is 0 Å². The molecular formula is C16H18F3N3O4. The summed E-state index contributed by atoms with van der Waals surface area (Å²) in [6.45, 7) is -0.637. The number of rotatable bonds is 9. The van der Waals surface area contributed by atoms with Crippen molar-refractivity contribution in [2.24, 2.45) is 0 Å². The zero-order valence-corrected chi connectivity index (χ0v) is 14.0. The summed E-state index contributed by atoms with van der Waals surface area (Å²) in [5.74, 6) is 0.582. The van der Waals surface area contributed by atoms with Crippen LogP contribution in [0.1, 0.15) is 5.89 Å². The molecule has 1 aromatic heterocycles. The first-order valence-electron chi connectivity index (χ1n) is 7.76. The fraction of sp³-hybridized carbons (Fsp3) is 0.438. The molecule has 0 unspecified atom stereocenters. The Balaban J connectivity index is 2.02. The number of ether oxygens (including phenoxy) is 1. The highest BCUT2D eigenvalue weighted by Crippen LogP contribution is 2.25. The molecule has 1 aromatic carbocycles. The molecule has 0 saturated carbocycles. The highest BCUT2D eigenvalue weighted by atomic mass is 19.4. The van der Waals surface area contributed by atoms with Gasteiger partial charge in [0.15, 0.2) is 11.7 Å². The van der Waals surface area contributed by atoms with Crippen molar-refractivity contribution in [3.05, 3.63) is 46.5 Å². The summed E-state index contributed by atoms with van der Waals surface area (Å²) in [7, 11) is 1.42. The molecule has 2 rings (SSSR count). The normalized spacial score (nSPS) is 11.9. The summed E-state index contributed by atoms with van der Waals surface area (Å²) in [5, 5.41) is 10.8. The fourth-order valence-corrected chi connectivity index (χ4v) is 2.33. The van der Waals surface area contributed by atoms with Gasteiger partial charge in [-0.15, -0.1) is 0 Å². The molecule has 26 heavy (non-hydrogen) atoms. The molecule has 0 amide bonds. The largest absolute Gasteiger partial charge is 0.441 e. The number of alkyl halides is 3. The average molecular weight is 373 g/mol. The molecule has 0 radical (unpaired) electrons. The Morgan fingerprint density at radius 2 is 2.12 bits per heavy atom. The number of halogens is 3. The van der Waals surface area contributed by atoms with E-state index in [1.807, 2.05) is 0 Å². The second-order valence-electron chi connectivity index (χ2n) is 5.56. The van der Waals surface area contributed by atoms with Crippen molar-refractivity contribution in [2.75, 3.05) is 33.4 Å². The number of nitro groups is 1. The molecule has 0 fully saturated rings. The average Bonchev–Trinajstić information content (AvgIpc) is 3.05. The first kappa shape index (κ1) is 19.9. The smallest absolute Gasteiger partial charge is 0.401 e. The third-order valence-corrected chi connectivity index (χ3v) is 3.55. The van der Waals surface area contributed by atoms with E-state index in [1.165, 1.54) is 36.4 Å². The second kappa shape index (κ2) is 8.77. The van der Waals surface area contributed by atoms with Gasteiger partial charge in [-0.3, -0.25) is 15.0 Å². The van der Waals surface area contributed by atoms with Gasteiger partial charge < -0.3 is 9.15 Å². The standard InChI is InChI=1S/C16H18F3N3O4/c1-25-8-7-21(11-16(17,18)19)6-5-15-20-10-14(26-15)12-3-2-4-13(9-12)22(23)24/h2-4,9-10H,5-8,11H2,1H3. The Morgan fingerprint density at radius 3 is 2.77 bits per heavy atom. The summed E-state index contributed by atoms with van der Waals surface area (Å²) in [6.07, 6.45) is -2.73. The third-order valence-electron chi connectivity index (χ3n) is 3.55. The van der Waals surface area contributed by atoms with Gasteiger partial charge in [0.1, 0.15) is 0 Å². The van der Waals surface area contributed by atoms with Gasteiger partial charge in [0.05, 0.1) is 24.3 Å². The van der Waals surface area contributed by atoms with Crippen molar-refractivity contribution in [1.82, 2.24) is 9.88 Å². The number of non-ortho nitro benzene ring substituents is 1. The molecule has 0 spiro atoms. The van der Waals surface area contributed by atoms with E-state index in [0.717, 1.165) is 0 Å². The lowest BCUT2D eigenvalue weighted by atomic mass is 10.2. The van der Waals surface area contributed by atoms with E-state index in [9.17, 15) is 23.3 Å². The number of benzene rings is 1. The zero-order valence-electron chi connectivity index (χ0n) is 14.0. The molecule has 1 heterocycles. The van der Waals surface area contributed by atoms with Gasteiger partial charge in [-0.1, -0.05) is 12.1 Å². The van der Waals surface area contributed by atoms with Crippen LogP contribution in [0.3, 0.4) is 0 Å². The van der Waals surface area contributed by atoms with Gasteiger partial charge in [0, 0.05) is 44.3 Å². The Hall–Kier alpha value is -2.46. The maximum Gasteiger partial charge on any atom is 0.401 e. The maximum absolute atomic E-state index is 12.6. The van der Waals surface area contributed by atoms with Crippen LogP contribution < -0.4 is 0 Å².